The average Bonchev–Trinajstić information content (AvgIpc) is 2.13. The molecule has 0 aromatic carbocycles. The summed E-state index contributed by atoms with van der Waals surface area (Å²) < 4.78 is 9.22. The van der Waals surface area contributed by atoms with Crippen molar-refractivity contribution in [1.29, 1.82) is 0 Å². The molecule has 0 heterocycles. The zero-order valence-electron chi connectivity index (χ0n) is 7.73. The number of aldehydes is 1. The Labute approximate surface area is 76.6 Å². The van der Waals surface area contributed by atoms with Gasteiger partial charge in [-0.25, -0.2) is 4.79 Å². The highest BCUT2D eigenvalue weighted by Crippen LogP contribution is 2.03. The van der Waals surface area contributed by atoms with Crippen LogP contribution in [0.15, 0.2) is 0 Å². The summed E-state index contributed by atoms with van der Waals surface area (Å²) in [6.07, 6.45) is -0.799. The number of aliphatic hydroxyl groups excluding tert-OH is 1. The molecule has 0 bridgehead atoms. The van der Waals surface area contributed by atoms with Gasteiger partial charge in [0.25, 0.3) is 0 Å². The summed E-state index contributed by atoms with van der Waals surface area (Å²) in [6.45, 7) is 1.63. The Balaban J connectivity index is 3.70. The maximum atomic E-state index is 10.7. The third kappa shape index (κ3) is 5.32. The second-order valence-corrected chi connectivity index (χ2v) is 2.59. The van der Waals surface area contributed by atoms with Gasteiger partial charge in [-0.3, -0.25) is 0 Å². The first kappa shape index (κ1) is 12.1. The number of esters is 1. The van der Waals surface area contributed by atoms with Crippen LogP contribution in [0.25, 0.3) is 0 Å². The van der Waals surface area contributed by atoms with Crippen LogP contribution in [0.4, 0.5) is 0 Å². The van der Waals surface area contributed by atoms with Crippen molar-refractivity contribution in [3.63, 3.8) is 0 Å². The first-order valence-electron chi connectivity index (χ1n) is 3.93. The van der Waals surface area contributed by atoms with Crippen LogP contribution in [0.2, 0.25) is 0 Å². The zero-order chi connectivity index (χ0) is 10.3. The molecule has 0 aromatic heterocycles. The minimum absolute atomic E-state index is 0.0327. The summed E-state index contributed by atoms with van der Waals surface area (Å²) in [5.41, 5.74) is 0. The van der Waals surface area contributed by atoms with Crippen molar-refractivity contribution in [2.24, 2.45) is 0 Å². The summed E-state index contributed by atoms with van der Waals surface area (Å²) in [4.78, 5) is 20.6. The number of aliphatic hydroxyl groups is 1. The van der Waals surface area contributed by atoms with Crippen LogP contribution in [0.3, 0.4) is 0 Å². The predicted octanol–water partition coefficient (Wildman–Crippen LogP) is -0.486. The maximum absolute atomic E-state index is 10.7. The quantitative estimate of drug-likeness (QED) is 0.452. The molecule has 2 unspecified atom stereocenters. The van der Waals surface area contributed by atoms with E-state index in [1.165, 1.54) is 7.11 Å². The average molecular weight is 190 g/mol. The number of hydrogen-bond donors (Lipinski definition) is 1. The number of hydrogen-bond acceptors (Lipinski definition) is 5. The van der Waals surface area contributed by atoms with Gasteiger partial charge >= 0.3 is 5.97 Å². The normalized spacial score (nSPS) is 14.7. The molecule has 76 valence electrons. The lowest BCUT2D eigenvalue weighted by molar-refractivity contribution is -0.152. The molecular weight excluding hydrogens is 176 g/mol. The maximum Gasteiger partial charge on any atom is 0.334 e. The van der Waals surface area contributed by atoms with Crippen molar-refractivity contribution >= 4 is 12.3 Å². The smallest absolute Gasteiger partial charge is 0.334 e. The zero-order valence-corrected chi connectivity index (χ0v) is 7.73. The summed E-state index contributed by atoms with van der Waals surface area (Å²) in [7, 11) is 1.20. The summed E-state index contributed by atoms with van der Waals surface area (Å²) in [5.74, 6) is -0.693. The summed E-state index contributed by atoms with van der Waals surface area (Å²) >= 11 is 0. The Morgan fingerprint density at radius 1 is 1.62 bits per heavy atom. The van der Waals surface area contributed by atoms with Crippen LogP contribution in [-0.4, -0.2) is 43.3 Å². The Kier molecular flexibility index (Phi) is 6.09. The van der Waals surface area contributed by atoms with E-state index in [2.05, 4.69) is 4.74 Å². The van der Waals surface area contributed by atoms with Gasteiger partial charge in [-0.15, -0.1) is 0 Å². The van der Waals surface area contributed by atoms with Gasteiger partial charge < -0.3 is 19.4 Å². The molecule has 2 atom stereocenters. The standard InChI is InChI=1S/C8H14O5/c1-6(13-4-3-9)5-7(10)8(11)12-2/h3,6-7,10H,4-5H2,1-2H3. The van der Waals surface area contributed by atoms with Crippen LogP contribution >= 0.6 is 0 Å². The van der Waals surface area contributed by atoms with Crippen LogP contribution < -0.4 is 0 Å². The molecule has 0 saturated carbocycles. The largest absolute Gasteiger partial charge is 0.467 e. The fourth-order valence-electron chi connectivity index (χ4n) is 0.818. The van der Waals surface area contributed by atoms with Gasteiger partial charge in [0.15, 0.2) is 6.10 Å². The van der Waals surface area contributed by atoms with Gasteiger partial charge in [-0.2, -0.15) is 0 Å². The molecule has 5 nitrogen and oxygen atoms in total. The monoisotopic (exact) mass is 190 g/mol. The molecule has 0 aliphatic rings. The second-order valence-electron chi connectivity index (χ2n) is 2.59. The highest BCUT2D eigenvalue weighted by Gasteiger charge is 2.18. The topological polar surface area (TPSA) is 72.8 Å². The van der Waals surface area contributed by atoms with E-state index in [9.17, 15) is 9.59 Å². The van der Waals surface area contributed by atoms with Crippen molar-refractivity contribution in [2.75, 3.05) is 13.7 Å². The molecule has 0 fully saturated rings. The molecule has 13 heavy (non-hydrogen) atoms. The fourth-order valence-corrected chi connectivity index (χ4v) is 0.818. The first-order valence-corrected chi connectivity index (χ1v) is 3.93. The fraction of sp³-hybridized carbons (Fsp3) is 0.750. The van der Waals surface area contributed by atoms with E-state index in [0.717, 1.165) is 0 Å². The Morgan fingerprint density at radius 3 is 2.69 bits per heavy atom. The van der Waals surface area contributed by atoms with Crippen LogP contribution in [0, 0.1) is 0 Å². The molecule has 0 aliphatic heterocycles. The lowest BCUT2D eigenvalue weighted by atomic mass is 10.2. The Hall–Kier alpha value is -0.940. The first-order chi connectivity index (χ1) is 6.11. The third-order valence-electron chi connectivity index (χ3n) is 1.48. The molecule has 0 radical (unpaired) electrons. The van der Waals surface area contributed by atoms with Crippen molar-refractivity contribution in [1.82, 2.24) is 0 Å². The van der Waals surface area contributed by atoms with Crippen molar-refractivity contribution < 1.29 is 24.2 Å². The minimum Gasteiger partial charge on any atom is -0.467 e. The summed E-state index contributed by atoms with van der Waals surface area (Å²) in [6, 6.07) is 0. The van der Waals surface area contributed by atoms with E-state index in [1.54, 1.807) is 6.92 Å². The Bertz CT molecular complexity index is 168. The van der Waals surface area contributed by atoms with Crippen molar-refractivity contribution in [3.05, 3.63) is 0 Å². The number of carbonyl (C=O) groups excluding carboxylic acids is 2. The van der Waals surface area contributed by atoms with E-state index in [1.807, 2.05) is 0 Å². The highest BCUT2D eigenvalue weighted by molar-refractivity contribution is 5.74. The van der Waals surface area contributed by atoms with Gasteiger partial charge in [-0.1, -0.05) is 0 Å². The summed E-state index contributed by atoms with van der Waals surface area (Å²) in [5, 5.41) is 9.14. The third-order valence-corrected chi connectivity index (χ3v) is 1.48. The molecule has 5 heteroatoms. The number of ether oxygens (including phenoxy) is 2. The molecule has 0 spiro atoms. The number of rotatable bonds is 6. The molecule has 0 aromatic rings. The van der Waals surface area contributed by atoms with Crippen LogP contribution in [-0.2, 0) is 19.1 Å². The van der Waals surface area contributed by atoms with Crippen molar-refractivity contribution in [2.45, 2.75) is 25.6 Å². The molecule has 0 aliphatic carbocycles. The van der Waals surface area contributed by atoms with Crippen LogP contribution in [0.1, 0.15) is 13.3 Å². The van der Waals surface area contributed by atoms with E-state index in [-0.39, 0.29) is 19.1 Å². The number of methoxy groups -OCH3 is 1. The van der Waals surface area contributed by atoms with Gasteiger partial charge in [0.1, 0.15) is 12.9 Å². The molecular formula is C8H14O5. The van der Waals surface area contributed by atoms with E-state index < -0.39 is 12.1 Å². The lowest BCUT2D eigenvalue weighted by Crippen LogP contribution is -2.27. The van der Waals surface area contributed by atoms with Gasteiger partial charge in [0, 0.05) is 6.42 Å². The molecule has 1 N–H and O–H groups in total. The molecule has 0 amide bonds. The predicted molar refractivity (Wildman–Crippen MR) is 44.1 cm³/mol. The lowest BCUT2D eigenvalue weighted by Gasteiger charge is -2.13. The highest BCUT2D eigenvalue weighted by atomic mass is 16.5. The van der Waals surface area contributed by atoms with Crippen LogP contribution in [0.5, 0.6) is 0 Å². The van der Waals surface area contributed by atoms with E-state index in [0.29, 0.717) is 6.29 Å². The van der Waals surface area contributed by atoms with Crippen molar-refractivity contribution in [3.8, 4) is 0 Å². The second kappa shape index (κ2) is 6.56. The minimum atomic E-state index is -1.19. The van der Waals surface area contributed by atoms with E-state index in [4.69, 9.17) is 9.84 Å². The number of carbonyl (C=O) groups is 2. The van der Waals surface area contributed by atoms with Gasteiger partial charge in [0.2, 0.25) is 0 Å². The van der Waals surface area contributed by atoms with Gasteiger partial charge in [-0.05, 0) is 6.92 Å². The SMILES string of the molecule is COC(=O)C(O)CC(C)OCC=O. The molecule has 0 saturated heterocycles. The van der Waals surface area contributed by atoms with Gasteiger partial charge in [0.05, 0.1) is 13.2 Å². The van der Waals surface area contributed by atoms with E-state index >= 15 is 0 Å². The molecule has 0 rings (SSSR count). The Morgan fingerprint density at radius 2 is 2.23 bits per heavy atom.